The lowest BCUT2D eigenvalue weighted by Gasteiger charge is -2.31. The maximum atomic E-state index is 12.2. The topological polar surface area (TPSA) is 50.8 Å². The van der Waals surface area contributed by atoms with Gasteiger partial charge in [0.15, 0.2) is 0 Å². The third-order valence-electron chi connectivity index (χ3n) is 5.24. The Morgan fingerprint density at radius 3 is 2.52 bits per heavy atom. The summed E-state index contributed by atoms with van der Waals surface area (Å²) in [7, 11) is 0. The number of nitrogens with one attached hydrogen (secondary N) is 1. The number of likely N-dealkylation sites (tertiary alicyclic amines) is 1. The molecule has 1 aromatic rings. The van der Waals surface area contributed by atoms with Crippen LogP contribution >= 0.6 is 0 Å². The van der Waals surface area contributed by atoms with E-state index in [1.165, 1.54) is 19.3 Å². The minimum Gasteiger partial charge on any atom is -0.445 e. The molecule has 1 aromatic carbocycles. The summed E-state index contributed by atoms with van der Waals surface area (Å²) in [6, 6.07) is 9.80. The molecule has 2 saturated heterocycles. The van der Waals surface area contributed by atoms with E-state index in [-0.39, 0.29) is 6.09 Å². The maximum absolute atomic E-state index is 12.2. The normalized spacial score (nSPS) is 19.8. The lowest BCUT2D eigenvalue weighted by molar-refractivity contribution is -0.00103. The van der Waals surface area contributed by atoms with E-state index >= 15 is 0 Å². The van der Waals surface area contributed by atoms with E-state index in [4.69, 9.17) is 9.47 Å². The quantitative estimate of drug-likeness (QED) is 0.859. The molecule has 2 aliphatic heterocycles. The van der Waals surface area contributed by atoms with Crippen LogP contribution in [0.3, 0.4) is 0 Å². The number of ether oxygens (including phenoxy) is 2. The van der Waals surface area contributed by atoms with Gasteiger partial charge in [-0.15, -0.1) is 0 Å². The Hall–Kier alpha value is -1.59. The van der Waals surface area contributed by atoms with Crippen molar-refractivity contribution in [3.05, 3.63) is 35.9 Å². The van der Waals surface area contributed by atoms with E-state index in [1.54, 1.807) is 4.90 Å². The minimum atomic E-state index is -0.211. The van der Waals surface area contributed by atoms with Crippen LogP contribution < -0.4 is 5.32 Å². The molecule has 0 bridgehead atoms. The smallest absolute Gasteiger partial charge is 0.410 e. The van der Waals surface area contributed by atoms with Gasteiger partial charge in [0.1, 0.15) is 6.61 Å². The molecule has 0 aromatic heterocycles. The van der Waals surface area contributed by atoms with Gasteiger partial charge in [-0.1, -0.05) is 30.3 Å². The van der Waals surface area contributed by atoms with Gasteiger partial charge < -0.3 is 19.7 Å². The summed E-state index contributed by atoms with van der Waals surface area (Å²) in [6.45, 7) is 4.94. The Bertz CT molecular complexity index is 509. The Labute approximate surface area is 150 Å². The number of amides is 1. The maximum Gasteiger partial charge on any atom is 0.410 e. The highest BCUT2D eigenvalue weighted by Gasteiger charge is 2.24. The van der Waals surface area contributed by atoms with Crippen molar-refractivity contribution >= 4 is 6.09 Å². The molecule has 2 aliphatic rings. The molecule has 0 unspecified atom stereocenters. The van der Waals surface area contributed by atoms with Crippen LogP contribution in [0.5, 0.6) is 0 Å². The van der Waals surface area contributed by atoms with Crippen molar-refractivity contribution in [1.29, 1.82) is 0 Å². The second-order valence-corrected chi connectivity index (χ2v) is 7.08. The van der Waals surface area contributed by atoms with Crippen LogP contribution in [0.15, 0.2) is 30.3 Å². The van der Waals surface area contributed by atoms with Crippen LogP contribution in [0, 0.1) is 5.92 Å². The molecule has 1 N–H and O–H groups in total. The Morgan fingerprint density at radius 2 is 1.80 bits per heavy atom. The molecule has 5 nitrogen and oxygen atoms in total. The van der Waals surface area contributed by atoms with Crippen molar-refractivity contribution in [1.82, 2.24) is 10.2 Å². The van der Waals surface area contributed by atoms with Gasteiger partial charge >= 0.3 is 6.09 Å². The molecule has 0 saturated carbocycles. The van der Waals surface area contributed by atoms with Crippen molar-refractivity contribution in [3.8, 4) is 0 Å². The number of carbonyl (C=O) groups is 1. The third kappa shape index (κ3) is 6.01. The van der Waals surface area contributed by atoms with E-state index in [9.17, 15) is 4.79 Å². The predicted molar refractivity (Wildman–Crippen MR) is 97.4 cm³/mol. The van der Waals surface area contributed by atoms with E-state index < -0.39 is 0 Å². The summed E-state index contributed by atoms with van der Waals surface area (Å²) in [6.07, 6.45) is 5.61. The van der Waals surface area contributed by atoms with Gasteiger partial charge in [-0.2, -0.15) is 0 Å². The average Bonchev–Trinajstić information content (AvgIpc) is 2.68. The van der Waals surface area contributed by atoms with Gasteiger partial charge in [-0.25, -0.2) is 4.79 Å². The highest BCUT2D eigenvalue weighted by molar-refractivity contribution is 5.67. The number of hydrogen-bond donors (Lipinski definition) is 1. The molecule has 25 heavy (non-hydrogen) atoms. The van der Waals surface area contributed by atoms with Crippen LogP contribution in [0.2, 0.25) is 0 Å². The highest BCUT2D eigenvalue weighted by atomic mass is 16.6. The monoisotopic (exact) mass is 346 g/mol. The van der Waals surface area contributed by atoms with Gasteiger partial charge in [0.05, 0.1) is 6.10 Å². The zero-order chi connectivity index (χ0) is 17.3. The molecule has 0 atom stereocenters. The molecule has 0 spiro atoms. The molecule has 1 amide bonds. The molecule has 138 valence electrons. The molecule has 0 aliphatic carbocycles. The molecule has 2 heterocycles. The summed E-state index contributed by atoms with van der Waals surface area (Å²) in [4.78, 5) is 14.0. The number of nitrogens with zero attached hydrogens (tertiary/aromatic N) is 1. The second kappa shape index (κ2) is 9.78. The largest absolute Gasteiger partial charge is 0.445 e. The van der Waals surface area contributed by atoms with Crippen LogP contribution in [0.4, 0.5) is 4.79 Å². The van der Waals surface area contributed by atoms with Crippen LogP contribution in [0.1, 0.15) is 37.7 Å². The summed E-state index contributed by atoms with van der Waals surface area (Å²) in [5, 5.41) is 3.40. The first-order chi connectivity index (χ1) is 12.3. The molecular formula is C20H30N2O3. The van der Waals surface area contributed by atoms with Crippen molar-refractivity contribution < 1.29 is 14.3 Å². The summed E-state index contributed by atoms with van der Waals surface area (Å²) in [5.74, 6) is 0.814. The zero-order valence-electron chi connectivity index (χ0n) is 15.0. The van der Waals surface area contributed by atoms with Crippen molar-refractivity contribution in [2.45, 2.75) is 44.8 Å². The first kappa shape index (κ1) is 18.2. The minimum absolute atomic E-state index is 0.211. The van der Waals surface area contributed by atoms with Crippen LogP contribution in [0.25, 0.3) is 0 Å². The Kier molecular flexibility index (Phi) is 7.12. The Balaban J connectivity index is 1.29. The van der Waals surface area contributed by atoms with E-state index in [0.717, 1.165) is 57.1 Å². The van der Waals surface area contributed by atoms with Gasteiger partial charge in [0, 0.05) is 19.7 Å². The lowest BCUT2D eigenvalue weighted by Crippen LogP contribution is -2.41. The average molecular weight is 346 g/mol. The summed E-state index contributed by atoms with van der Waals surface area (Å²) < 4.78 is 11.4. The van der Waals surface area contributed by atoms with Crippen LogP contribution in [-0.2, 0) is 16.1 Å². The fourth-order valence-corrected chi connectivity index (χ4v) is 3.59. The first-order valence-electron chi connectivity index (χ1n) is 9.59. The molecule has 5 heteroatoms. The van der Waals surface area contributed by atoms with Crippen molar-refractivity contribution in [2.75, 3.05) is 32.8 Å². The van der Waals surface area contributed by atoms with E-state index in [2.05, 4.69) is 5.32 Å². The van der Waals surface area contributed by atoms with Gasteiger partial charge in [-0.05, 0) is 56.7 Å². The first-order valence-corrected chi connectivity index (χ1v) is 9.59. The number of benzene rings is 1. The molecular weight excluding hydrogens is 316 g/mol. The van der Waals surface area contributed by atoms with E-state index in [0.29, 0.717) is 12.7 Å². The second-order valence-electron chi connectivity index (χ2n) is 7.08. The zero-order valence-corrected chi connectivity index (χ0v) is 15.0. The van der Waals surface area contributed by atoms with Crippen molar-refractivity contribution in [2.24, 2.45) is 5.92 Å². The summed E-state index contributed by atoms with van der Waals surface area (Å²) in [5.41, 5.74) is 1.02. The number of piperidine rings is 2. The summed E-state index contributed by atoms with van der Waals surface area (Å²) >= 11 is 0. The Morgan fingerprint density at radius 1 is 1.08 bits per heavy atom. The fraction of sp³-hybridized carbons (Fsp3) is 0.650. The highest BCUT2D eigenvalue weighted by Crippen LogP contribution is 2.19. The number of carbonyl (C=O) groups excluding carboxylic acids is 1. The number of rotatable bonds is 6. The SMILES string of the molecule is O=C(OCc1ccccc1)N1CCC(OCCC2CCNCC2)CC1. The fourth-order valence-electron chi connectivity index (χ4n) is 3.59. The lowest BCUT2D eigenvalue weighted by atomic mass is 9.95. The molecule has 0 radical (unpaired) electrons. The third-order valence-corrected chi connectivity index (χ3v) is 5.24. The van der Waals surface area contributed by atoms with Crippen LogP contribution in [-0.4, -0.2) is 49.9 Å². The number of hydrogen-bond acceptors (Lipinski definition) is 4. The van der Waals surface area contributed by atoms with Gasteiger partial charge in [0.2, 0.25) is 0 Å². The predicted octanol–water partition coefficient (Wildman–Crippen LogP) is 3.19. The molecule has 2 fully saturated rings. The van der Waals surface area contributed by atoms with E-state index in [1.807, 2.05) is 30.3 Å². The standard InChI is InChI=1S/C20H30N2O3/c23-20(25-16-18-4-2-1-3-5-18)22-13-8-19(9-14-22)24-15-10-17-6-11-21-12-7-17/h1-5,17,19,21H,6-16H2. The van der Waals surface area contributed by atoms with Gasteiger partial charge in [0.25, 0.3) is 0 Å². The van der Waals surface area contributed by atoms with Gasteiger partial charge in [-0.3, -0.25) is 0 Å². The van der Waals surface area contributed by atoms with Crippen molar-refractivity contribution in [3.63, 3.8) is 0 Å². The molecule has 3 rings (SSSR count).